The second kappa shape index (κ2) is 8.74. The maximum absolute atomic E-state index is 13.7. The van der Waals surface area contributed by atoms with Crippen LogP contribution in [0.5, 0.6) is 11.5 Å². The minimum absolute atomic E-state index is 0.0522. The fourth-order valence-corrected chi connectivity index (χ4v) is 5.25. The van der Waals surface area contributed by atoms with E-state index in [0.29, 0.717) is 19.0 Å². The molecule has 0 atom stereocenters. The Balaban J connectivity index is 1.30. The van der Waals surface area contributed by atoms with E-state index in [2.05, 4.69) is 4.90 Å². The summed E-state index contributed by atoms with van der Waals surface area (Å²) in [6.45, 7) is 3.08. The summed E-state index contributed by atoms with van der Waals surface area (Å²) in [6.07, 6.45) is 6.20. The van der Waals surface area contributed by atoms with Crippen LogP contribution in [0.3, 0.4) is 0 Å². The van der Waals surface area contributed by atoms with Crippen LogP contribution < -0.4 is 4.74 Å². The summed E-state index contributed by atoms with van der Waals surface area (Å²) < 4.78 is 6.05. The first-order valence-corrected chi connectivity index (χ1v) is 11.7. The Morgan fingerprint density at radius 2 is 1.19 bits per heavy atom. The van der Waals surface area contributed by atoms with E-state index < -0.39 is 0 Å². The molecule has 3 heterocycles. The number of ether oxygens (including phenoxy) is 1. The molecule has 5 rings (SSSR count). The van der Waals surface area contributed by atoms with Crippen molar-refractivity contribution >= 4 is 11.8 Å². The van der Waals surface area contributed by atoms with Gasteiger partial charge in [-0.05, 0) is 37.8 Å². The smallest absolute Gasteiger partial charge is 0.234 e. The maximum Gasteiger partial charge on any atom is 0.234 e. The highest BCUT2D eigenvalue weighted by atomic mass is 16.5. The molecule has 0 unspecified atom stereocenters. The lowest BCUT2D eigenvalue weighted by Crippen LogP contribution is -2.46. The van der Waals surface area contributed by atoms with Crippen LogP contribution in [0.4, 0.5) is 0 Å². The van der Waals surface area contributed by atoms with Gasteiger partial charge in [0, 0.05) is 43.2 Å². The van der Waals surface area contributed by atoms with Crippen LogP contribution in [0.2, 0.25) is 0 Å². The van der Waals surface area contributed by atoms with Crippen molar-refractivity contribution in [3.63, 3.8) is 0 Å². The Bertz CT molecular complexity index is 911. The number of nitrogens with zero attached hydrogens (tertiary/aromatic N) is 2. The second-order valence-electron chi connectivity index (χ2n) is 8.95. The summed E-state index contributed by atoms with van der Waals surface area (Å²) in [4.78, 5) is 30.7. The number of carbonyl (C=O) groups is 2. The number of piperidine rings is 1. The summed E-state index contributed by atoms with van der Waals surface area (Å²) >= 11 is 0. The van der Waals surface area contributed by atoms with Gasteiger partial charge in [-0.3, -0.25) is 9.59 Å². The first kappa shape index (κ1) is 20.1. The first-order valence-electron chi connectivity index (χ1n) is 11.7. The van der Waals surface area contributed by atoms with Crippen LogP contribution in [0, 0.1) is 5.92 Å². The highest BCUT2D eigenvalue weighted by Crippen LogP contribution is 2.45. The van der Waals surface area contributed by atoms with Crippen molar-refractivity contribution in [2.75, 3.05) is 26.2 Å². The van der Waals surface area contributed by atoms with Gasteiger partial charge in [-0.15, -0.1) is 0 Å². The Kier molecular flexibility index (Phi) is 5.66. The van der Waals surface area contributed by atoms with Gasteiger partial charge in [-0.1, -0.05) is 49.2 Å². The molecule has 0 N–H and O–H groups in total. The van der Waals surface area contributed by atoms with Crippen molar-refractivity contribution in [3.8, 4) is 11.5 Å². The molecule has 31 heavy (non-hydrogen) atoms. The molecule has 162 valence electrons. The molecule has 2 aromatic carbocycles. The molecule has 3 aliphatic heterocycles. The number of hydrogen-bond acceptors (Lipinski definition) is 3. The van der Waals surface area contributed by atoms with Crippen LogP contribution in [0.15, 0.2) is 48.5 Å². The fraction of sp³-hybridized carbons (Fsp3) is 0.462. The average molecular weight is 419 g/mol. The second-order valence-corrected chi connectivity index (χ2v) is 8.95. The number of amides is 2. The highest BCUT2D eigenvalue weighted by Gasteiger charge is 2.37. The Morgan fingerprint density at radius 1 is 0.677 bits per heavy atom. The zero-order valence-corrected chi connectivity index (χ0v) is 18.0. The number of benzene rings is 2. The summed E-state index contributed by atoms with van der Waals surface area (Å²) in [6, 6.07) is 15.6. The van der Waals surface area contributed by atoms with Gasteiger partial charge < -0.3 is 14.5 Å². The van der Waals surface area contributed by atoms with Gasteiger partial charge in [-0.2, -0.15) is 0 Å². The quantitative estimate of drug-likeness (QED) is 0.718. The Morgan fingerprint density at radius 3 is 1.77 bits per heavy atom. The van der Waals surface area contributed by atoms with Crippen molar-refractivity contribution in [1.29, 1.82) is 0 Å². The lowest BCUT2D eigenvalue weighted by atomic mass is 9.85. The standard InChI is InChI=1S/C26H30N2O3/c29-25(27-15-7-1-2-8-16-27)19-13-17-28(18-14-19)26(30)24-20-9-3-5-11-22(20)31-23-12-6-4-10-21(23)24/h3-6,9-12,19,24H,1-2,7-8,13-18H2. The third kappa shape index (κ3) is 3.93. The topological polar surface area (TPSA) is 49.9 Å². The Hall–Kier alpha value is -2.82. The molecule has 5 nitrogen and oxygen atoms in total. The first-order chi connectivity index (χ1) is 15.2. The van der Waals surface area contributed by atoms with Crippen molar-refractivity contribution in [2.45, 2.75) is 44.4 Å². The normalized spacial score (nSPS) is 19.7. The fourth-order valence-electron chi connectivity index (χ4n) is 5.25. The number of hydrogen-bond donors (Lipinski definition) is 0. The number of carbonyl (C=O) groups excluding carboxylic acids is 2. The van der Waals surface area contributed by atoms with Crippen LogP contribution in [0.1, 0.15) is 55.6 Å². The zero-order chi connectivity index (χ0) is 21.2. The van der Waals surface area contributed by atoms with Crippen molar-refractivity contribution < 1.29 is 14.3 Å². The number of para-hydroxylation sites is 2. The van der Waals surface area contributed by atoms with Gasteiger partial charge in [0.05, 0.1) is 5.92 Å². The minimum atomic E-state index is -0.348. The molecule has 0 radical (unpaired) electrons. The molecule has 0 aromatic heterocycles. The summed E-state index contributed by atoms with van der Waals surface area (Å²) in [5.74, 6) is 1.63. The summed E-state index contributed by atoms with van der Waals surface area (Å²) in [7, 11) is 0. The molecule has 0 aliphatic carbocycles. The van der Waals surface area contributed by atoms with E-state index in [0.717, 1.165) is 61.4 Å². The Labute approximate surface area is 184 Å². The van der Waals surface area contributed by atoms with Crippen LogP contribution in [-0.4, -0.2) is 47.8 Å². The lowest BCUT2D eigenvalue weighted by molar-refractivity contribution is -0.141. The van der Waals surface area contributed by atoms with Crippen molar-refractivity contribution in [1.82, 2.24) is 9.80 Å². The van der Waals surface area contributed by atoms with E-state index >= 15 is 0 Å². The van der Waals surface area contributed by atoms with Gasteiger partial charge in [0.15, 0.2) is 0 Å². The van der Waals surface area contributed by atoms with E-state index in [1.54, 1.807) is 0 Å². The van der Waals surface area contributed by atoms with E-state index in [1.165, 1.54) is 12.8 Å². The van der Waals surface area contributed by atoms with E-state index in [-0.39, 0.29) is 17.7 Å². The van der Waals surface area contributed by atoms with E-state index in [4.69, 9.17) is 4.74 Å². The molecule has 0 spiro atoms. The number of rotatable bonds is 2. The monoisotopic (exact) mass is 418 g/mol. The SMILES string of the molecule is O=C(C1CCN(C(=O)C2c3ccccc3Oc3ccccc32)CC1)N1CCCCCC1. The van der Waals surface area contributed by atoms with E-state index in [1.807, 2.05) is 53.4 Å². The summed E-state index contributed by atoms with van der Waals surface area (Å²) in [5.41, 5.74) is 1.85. The molecule has 0 saturated carbocycles. The molecule has 2 fully saturated rings. The van der Waals surface area contributed by atoms with Crippen LogP contribution >= 0.6 is 0 Å². The van der Waals surface area contributed by atoms with Gasteiger partial charge in [0.25, 0.3) is 0 Å². The highest BCUT2D eigenvalue weighted by molar-refractivity contribution is 5.90. The molecule has 5 heteroatoms. The van der Waals surface area contributed by atoms with Gasteiger partial charge in [0.1, 0.15) is 11.5 Å². The number of fused-ring (bicyclic) bond motifs is 2. The molecular formula is C26H30N2O3. The predicted molar refractivity (Wildman–Crippen MR) is 119 cm³/mol. The minimum Gasteiger partial charge on any atom is -0.457 e. The molecule has 3 aliphatic rings. The zero-order valence-electron chi connectivity index (χ0n) is 18.0. The average Bonchev–Trinajstić information content (AvgIpc) is 3.11. The van der Waals surface area contributed by atoms with Gasteiger partial charge in [-0.25, -0.2) is 0 Å². The lowest BCUT2D eigenvalue weighted by Gasteiger charge is -2.37. The number of likely N-dealkylation sites (tertiary alicyclic amines) is 2. The predicted octanol–water partition coefficient (Wildman–Crippen LogP) is 4.57. The molecule has 0 bridgehead atoms. The molecule has 2 aromatic rings. The van der Waals surface area contributed by atoms with Gasteiger partial charge >= 0.3 is 0 Å². The van der Waals surface area contributed by atoms with Gasteiger partial charge in [0.2, 0.25) is 11.8 Å². The van der Waals surface area contributed by atoms with Crippen molar-refractivity contribution in [3.05, 3.63) is 59.7 Å². The van der Waals surface area contributed by atoms with Crippen LogP contribution in [0.25, 0.3) is 0 Å². The molecule has 2 amide bonds. The maximum atomic E-state index is 13.7. The largest absolute Gasteiger partial charge is 0.457 e. The summed E-state index contributed by atoms with van der Waals surface area (Å²) in [5, 5.41) is 0. The van der Waals surface area contributed by atoms with Crippen LogP contribution in [-0.2, 0) is 9.59 Å². The van der Waals surface area contributed by atoms with E-state index in [9.17, 15) is 9.59 Å². The third-order valence-electron chi connectivity index (χ3n) is 7.00. The third-order valence-corrected chi connectivity index (χ3v) is 7.00. The van der Waals surface area contributed by atoms with Crippen molar-refractivity contribution in [2.24, 2.45) is 5.92 Å². The molecular weight excluding hydrogens is 388 g/mol. The molecule has 2 saturated heterocycles.